The van der Waals surface area contributed by atoms with E-state index in [0.29, 0.717) is 6.54 Å². The van der Waals surface area contributed by atoms with Crippen LogP contribution in [0.2, 0.25) is 0 Å². The number of benzene rings is 1. The van der Waals surface area contributed by atoms with Gasteiger partial charge in [0.25, 0.3) is 0 Å². The van der Waals surface area contributed by atoms with E-state index in [4.69, 9.17) is 9.47 Å². The summed E-state index contributed by atoms with van der Waals surface area (Å²) in [6.45, 7) is 6.03. The number of aromatic nitrogens is 1. The molecule has 0 saturated carbocycles. The van der Waals surface area contributed by atoms with Gasteiger partial charge in [-0.2, -0.15) is 0 Å². The number of hydrogen-bond acceptors (Lipinski definition) is 4. The van der Waals surface area contributed by atoms with Crippen LogP contribution in [0.4, 0.5) is 4.79 Å². The fourth-order valence-electron chi connectivity index (χ4n) is 3.70. The second kappa shape index (κ2) is 6.67. The molecule has 3 rings (SSSR count). The van der Waals surface area contributed by atoms with E-state index in [2.05, 4.69) is 16.7 Å². The van der Waals surface area contributed by atoms with Crippen LogP contribution in [0.1, 0.15) is 44.5 Å². The number of carbonyl (C=O) groups is 2. The van der Waals surface area contributed by atoms with Crippen molar-refractivity contribution in [3.8, 4) is 0 Å². The van der Waals surface area contributed by atoms with Crippen LogP contribution in [0.25, 0.3) is 10.9 Å². The van der Waals surface area contributed by atoms with E-state index in [1.54, 1.807) is 4.90 Å². The Morgan fingerprint density at radius 3 is 2.58 bits per heavy atom. The molecule has 6 heteroatoms. The number of fused-ring (bicyclic) bond motifs is 3. The number of amides is 1. The summed E-state index contributed by atoms with van der Waals surface area (Å²) in [5, 5.41) is 1.17. The van der Waals surface area contributed by atoms with E-state index in [1.807, 2.05) is 40.0 Å². The third kappa shape index (κ3) is 3.28. The van der Waals surface area contributed by atoms with Gasteiger partial charge in [-0.1, -0.05) is 18.2 Å². The molecule has 1 unspecified atom stereocenters. The van der Waals surface area contributed by atoms with E-state index < -0.39 is 17.7 Å². The third-order valence-corrected chi connectivity index (χ3v) is 4.77. The molecular weight excluding hydrogens is 332 g/mol. The fraction of sp³-hybridized carbons (Fsp3) is 0.500. The Morgan fingerprint density at radius 2 is 1.92 bits per heavy atom. The molecule has 1 atom stereocenters. The maximum Gasteiger partial charge on any atom is 0.410 e. The van der Waals surface area contributed by atoms with Crippen molar-refractivity contribution in [2.75, 3.05) is 13.7 Å². The van der Waals surface area contributed by atoms with Gasteiger partial charge in [-0.3, -0.25) is 9.69 Å². The van der Waals surface area contributed by atoms with E-state index >= 15 is 0 Å². The van der Waals surface area contributed by atoms with Gasteiger partial charge in [0, 0.05) is 30.2 Å². The summed E-state index contributed by atoms with van der Waals surface area (Å²) in [6, 6.07) is 7.75. The molecule has 6 nitrogen and oxygen atoms in total. The van der Waals surface area contributed by atoms with Crippen LogP contribution >= 0.6 is 0 Å². The van der Waals surface area contributed by atoms with Crippen molar-refractivity contribution in [2.45, 2.75) is 45.3 Å². The molecule has 26 heavy (non-hydrogen) atoms. The van der Waals surface area contributed by atoms with Gasteiger partial charge in [-0.15, -0.1) is 0 Å². The molecule has 1 aromatic carbocycles. The molecule has 0 radical (unpaired) electrons. The van der Waals surface area contributed by atoms with Crippen molar-refractivity contribution in [3.63, 3.8) is 0 Å². The van der Waals surface area contributed by atoms with Crippen molar-refractivity contribution >= 4 is 23.0 Å². The first kappa shape index (κ1) is 18.3. The van der Waals surface area contributed by atoms with Crippen LogP contribution in [0, 0.1) is 0 Å². The predicted octanol–water partition coefficient (Wildman–Crippen LogP) is 3.58. The van der Waals surface area contributed by atoms with Crippen molar-refractivity contribution in [1.82, 2.24) is 9.47 Å². The lowest BCUT2D eigenvalue weighted by molar-refractivity contribution is -0.142. The van der Waals surface area contributed by atoms with Gasteiger partial charge in [-0.05, 0) is 38.8 Å². The predicted molar refractivity (Wildman–Crippen MR) is 98.9 cm³/mol. The fourth-order valence-corrected chi connectivity index (χ4v) is 3.70. The summed E-state index contributed by atoms with van der Waals surface area (Å²) in [5.41, 5.74) is 2.68. The molecule has 1 aliphatic rings. The van der Waals surface area contributed by atoms with Gasteiger partial charge in [0.15, 0.2) is 0 Å². The SMILES string of the molecule is COC(=O)CC1c2c(c3ccccc3n2C)CCN1C(=O)OC(C)(C)C. The molecule has 0 bridgehead atoms. The summed E-state index contributed by atoms with van der Waals surface area (Å²) < 4.78 is 12.5. The number of ether oxygens (including phenoxy) is 2. The highest BCUT2D eigenvalue weighted by atomic mass is 16.6. The lowest BCUT2D eigenvalue weighted by Gasteiger charge is -2.37. The highest BCUT2D eigenvalue weighted by Gasteiger charge is 2.38. The Hall–Kier alpha value is -2.50. The van der Waals surface area contributed by atoms with Crippen LogP contribution < -0.4 is 0 Å². The Bertz CT molecular complexity index is 847. The van der Waals surface area contributed by atoms with E-state index in [0.717, 1.165) is 17.6 Å². The molecule has 2 heterocycles. The van der Waals surface area contributed by atoms with Crippen molar-refractivity contribution in [1.29, 1.82) is 0 Å². The average Bonchev–Trinajstić information content (AvgIpc) is 2.87. The molecule has 0 spiro atoms. The van der Waals surface area contributed by atoms with E-state index in [9.17, 15) is 9.59 Å². The Kier molecular flexibility index (Phi) is 4.69. The van der Waals surface area contributed by atoms with Crippen LogP contribution in [0.15, 0.2) is 24.3 Å². The molecular formula is C20H26N2O4. The minimum Gasteiger partial charge on any atom is -0.469 e. The first-order valence-electron chi connectivity index (χ1n) is 8.85. The average molecular weight is 358 g/mol. The molecule has 0 N–H and O–H groups in total. The molecule has 0 fully saturated rings. The highest BCUT2D eigenvalue weighted by Crippen LogP contribution is 2.39. The zero-order chi connectivity index (χ0) is 19.1. The molecule has 2 aromatic rings. The smallest absolute Gasteiger partial charge is 0.410 e. The van der Waals surface area contributed by atoms with E-state index in [-0.39, 0.29) is 12.4 Å². The maximum atomic E-state index is 12.8. The normalized spacial score (nSPS) is 17.1. The van der Waals surface area contributed by atoms with Gasteiger partial charge < -0.3 is 14.0 Å². The molecule has 1 aliphatic heterocycles. The lowest BCUT2D eigenvalue weighted by Crippen LogP contribution is -2.44. The number of esters is 1. The molecule has 0 saturated heterocycles. The van der Waals surface area contributed by atoms with Crippen LogP contribution in [0.5, 0.6) is 0 Å². The van der Waals surface area contributed by atoms with Crippen molar-refractivity contribution in [3.05, 3.63) is 35.5 Å². The van der Waals surface area contributed by atoms with Gasteiger partial charge >= 0.3 is 12.1 Å². The molecule has 0 aliphatic carbocycles. The van der Waals surface area contributed by atoms with Gasteiger partial charge in [0.1, 0.15) is 5.60 Å². The Balaban J connectivity index is 2.07. The van der Waals surface area contributed by atoms with Crippen LogP contribution in [-0.4, -0.2) is 40.8 Å². The number of aryl methyl sites for hydroxylation is 1. The number of hydrogen-bond donors (Lipinski definition) is 0. The van der Waals surface area contributed by atoms with Gasteiger partial charge in [0.05, 0.1) is 19.6 Å². The first-order valence-corrected chi connectivity index (χ1v) is 8.85. The Labute approximate surface area is 153 Å². The Morgan fingerprint density at radius 1 is 1.23 bits per heavy atom. The molecule has 1 amide bonds. The lowest BCUT2D eigenvalue weighted by atomic mass is 9.95. The number of carbonyl (C=O) groups excluding carboxylic acids is 2. The third-order valence-electron chi connectivity index (χ3n) is 4.77. The monoisotopic (exact) mass is 358 g/mol. The number of methoxy groups -OCH3 is 1. The highest BCUT2D eigenvalue weighted by molar-refractivity contribution is 5.87. The van der Waals surface area contributed by atoms with Crippen molar-refractivity contribution < 1.29 is 19.1 Å². The minimum atomic E-state index is -0.591. The summed E-state index contributed by atoms with van der Waals surface area (Å²) in [5.74, 6) is -0.346. The molecule has 140 valence electrons. The second-order valence-electron chi connectivity index (χ2n) is 7.66. The van der Waals surface area contributed by atoms with Crippen LogP contribution in [0.3, 0.4) is 0 Å². The molecule has 1 aromatic heterocycles. The second-order valence-corrected chi connectivity index (χ2v) is 7.66. The quantitative estimate of drug-likeness (QED) is 0.770. The van der Waals surface area contributed by atoms with Crippen LogP contribution in [-0.2, 0) is 27.7 Å². The number of nitrogens with zero attached hydrogens (tertiary/aromatic N) is 2. The number of para-hydroxylation sites is 1. The standard InChI is InChI=1S/C20H26N2O4/c1-20(2,3)26-19(24)22-11-10-14-13-8-6-7-9-15(13)21(4)18(14)16(22)12-17(23)25-5/h6-9,16H,10-12H2,1-5H3. The van der Waals surface area contributed by atoms with E-state index in [1.165, 1.54) is 18.1 Å². The summed E-state index contributed by atoms with van der Waals surface area (Å²) in [7, 11) is 3.34. The minimum absolute atomic E-state index is 0.104. The summed E-state index contributed by atoms with van der Waals surface area (Å²) >= 11 is 0. The van der Waals surface area contributed by atoms with Gasteiger partial charge in [0.2, 0.25) is 0 Å². The largest absolute Gasteiger partial charge is 0.469 e. The summed E-state index contributed by atoms with van der Waals surface area (Å²) in [6.07, 6.45) is 0.433. The summed E-state index contributed by atoms with van der Waals surface area (Å²) in [4.78, 5) is 26.5. The van der Waals surface area contributed by atoms with Crippen molar-refractivity contribution in [2.24, 2.45) is 7.05 Å². The van der Waals surface area contributed by atoms with Gasteiger partial charge in [-0.25, -0.2) is 4.79 Å². The zero-order valence-electron chi connectivity index (χ0n) is 16.0. The topological polar surface area (TPSA) is 60.8 Å². The first-order chi connectivity index (χ1) is 12.2. The zero-order valence-corrected chi connectivity index (χ0v) is 16.0. The maximum absolute atomic E-state index is 12.8. The number of rotatable bonds is 2.